The maximum absolute atomic E-state index is 13.7. The standard InChI is InChI=1S/C13H11F2NO2S/c14-10-5-1-2-7-12(10)19(17,18)8-9-4-3-6-11(16)13(9)15/h1-7H,8,16H2. The van der Waals surface area contributed by atoms with Gasteiger partial charge in [-0.15, -0.1) is 0 Å². The van der Waals surface area contributed by atoms with Crippen molar-refractivity contribution in [3.8, 4) is 0 Å². The summed E-state index contributed by atoms with van der Waals surface area (Å²) in [6.07, 6.45) is 0. The lowest BCUT2D eigenvalue weighted by molar-refractivity contribution is 0.563. The summed E-state index contributed by atoms with van der Waals surface area (Å²) in [6.45, 7) is 0. The summed E-state index contributed by atoms with van der Waals surface area (Å²) >= 11 is 0. The molecule has 2 N–H and O–H groups in total. The molecule has 0 saturated carbocycles. The quantitative estimate of drug-likeness (QED) is 0.880. The number of sulfone groups is 1. The highest BCUT2D eigenvalue weighted by atomic mass is 32.2. The minimum atomic E-state index is -3.95. The maximum Gasteiger partial charge on any atom is 0.185 e. The zero-order valence-electron chi connectivity index (χ0n) is 9.81. The molecule has 2 rings (SSSR count). The van der Waals surface area contributed by atoms with Gasteiger partial charge in [0.2, 0.25) is 0 Å². The van der Waals surface area contributed by atoms with E-state index < -0.39 is 32.1 Å². The van der Waals surface area contributed by atoms with E-state index in [2.05, 4.69) is 0 Å². The number of benzene rings is 2. The van der Waals surface area contributed by atoms with E-state index in [-0.39, 0.29) is 11.3 Å². The SMILES string of the molecule is Nc1cccc(CS(=O)(=O)c2ccccc2F)c1F. The van der Waals surface area contributed by atoms with Gasteiger partial charge in [-0.3, -0.25) is 0 Å². The predicted octanol–water partition coefficient (Wildman–Crippen LogP) is 2.52. The smallest absolute Gasteiger partial charge is 0.185 e. The molecule has 0 saturated heterocycles. The van der Waals surface area contributed by atoms with Gasteiger partial charge in [-0.05, 0) is 18.2 Å². The van der Waals surface area contributed by atoms with Crippen LogP contribution >= 0.6 is 0 Å². The molecule has 0 amide bonds. The molecule has 0 aliphatic heterocycles. The van der Waals surface area contributed by atoms with Gasteiger partial charge < -0.3 is 5.73 Å². The van der Waals surface area contributed by atoms with E-state index in [0.717, 1.165) is 12.1 Å². The van der Waals surface area contributed by atoms with Crippen LogP contribution < -0.4 is 5.73 Å². The van der Waals surface area contributed by atoms with Crippen molar-refractivity contribution in [1.82, 2.24) is 0 Å². The van der Waals surface area contributed by atoms with Crippen LogP contribution in [0.4, 0.5) is 14.5 Å². The first kappa shape index (κ1) is 13.5. The lowest BCUT2D eigenvalue weighted by Gasteiger charge is -2.07. The molecule has 0 heterocycles. The van der Waals surface area contributed by atoms with Crippen molar-refractivity contribution in [1.29, 1.82) is 0 Å². The fourth-order valence-electron chi connectivity index (χ4n) is 1.69. The third-order valence-electron chi connectivity index (χ3n) is 2.63. The molecule has 0 aliphatic carbocycles. The van der Waals surface area contributed by atoms with Gasteiger partial charge in [-0.1, -0.05) is 24.3 Å². The van der Waals surface area contributed by atoms with Crippen molar-refractivity contribution in [3.05, 3.63) is 59.7 Å². The Labute approximate surface area is 109 Å². The normalized spacial score (nSPS) is 11.5. The van der Waals surface area contributed by atoms with Crippen molar-refractivity contribution in [2.45, 2.75) is 10.6 Å². The van der Waals surface area contributed by atoms with Crippen LogP contribution in [0.25, 0.3) is 0 Å². The molecule has 0 bridgehead atoms. The Hall–Kier alpha value is -1.95. The summed E-state index contributed by atoms with van der Waals surface area (Å²) < 4.78 is 51.2. The summed E-state index contributed by atoms with van der Waals surface area (Å²) in [6, 6.07) is 9.07. The van der Waals surface area contributed by atoms with Crippen LogP contribution in [0.3, 0.4) is 0 Å². The monoisotopic (exact) mass is 283 g/mol. The van der Waals surface area contributed by atoms with E-state index in [1.165, 1.54) is 30.3 Å². The Morgan fingerprint density at radius 2 is 1.68 bits per heavy atom. The molecule has 2 aromatic carbocycles. The summed E-state index contributed by atoms with van der Waals surface area (Å²) in [5.74, 6) is -2.28. The van der Waals surface area contributed by atoms with Crippen molar-refractivity contribution >= 4 is 15.5 Å². The van der Waals surface area contributed by atoms with Gasteiger partial charge in [0.25, 0.3) is 0 Å². The number of hydrogen-bond acceptors (Lipinski definition) is 3. The largest absolute Gasteiger partial charge is 0.396 e. The Balaban J connectivity index is 2.43. The van der Waals surface area contributed by atoms with Crippen molar-refractivity contribution < 1.29 is 17.2 Å². The molecule has 0 fully saturated rings. The van der Waals surface area contributed by atoms with Gasteiger partial charge in [0.15, 0.2) is 9.84 Å². The summed E-state index contributed by atoms with van der Waals surface area (Å²) in [4.78, 5) is -0.447. The van der Waals surface area contributed by atoms with Crippen molar-refractivity contribution in [2.24, 2.45) is 0 Å². The van der Waals surface area contributed by atoms with Gasteiger partial charge in [0, 0.05) is 5.56 Å². The molecule has 0 radical (unpaired) electrons. The predicted molar refractivity (Wildman–Crippen MR) is 68.1 cm³/mol. The van der Waals surface area contributed by atoms with Crippen LogP contribution in [0.15, 0.2) is 47.4 Å². The van der Waals surface area contributed by atoms with Crippen molar-refractivity contribution in [2.75, 3.05) is 5.73 Å². The van der Waals surface area contributed by atoms with E-state index in [4.69, 9.17) is 5.73 Å². The third kappa shape index (κ3) is 2.73. The number of halogens is 2. The molecule has 0 aliphatic rings. The van der Waals surface area contributed by atoms with Crippen LogP contribution in [-0.4, -0.2) is 8.42 Å². The minimum Gasteiger partial charge on any atom is -0.396 e. The topological polar surface area (TPSA) is 60.2 Å². The number of hydrogen-bond donors (Lipinski definition) is 1. The van der Waals surface area contributed by atoms with Crippen LogP contribution in [0.1, 0.15) is 5.56 Å². The van der Waals surface area contributed by atoms with Crippen LogP contribution in [-0.2, 0) is 15.6 Å². The highest BCUT2D eigenvalue weighted by Gasteiger charge is 2.21. The van der Waals surface area contributed by atoms with Gasteiger partial charge in [0.05, 0.1) is 11.4 Å². The number of nitrogen functional groups attached to an aromatic ring is 1. The first-order chi connectivity index (χ1) is 8.92. The Kier molecular flexibility index (Phi) is 3.53. The first-order valence-corrected chi connectivity index (χ1v) is 7.07. The average molecular weight is 283 g/mol. The Morgan fingerprint density at radius 1 is 1.00 bits per heavy atom. The van der Waals surface area contributed by atoms with Gasteiger partial charge in [0.1, 0.15) is 16.5 Å². The molecular formula is C13H11F2NO2S. The first-order valence-electron chi connectivity index (χ1n) is 5.42. The van der Waals surface area contributed by atoms with E-state index in [1.807, 2.05) is 0 Å². The second kappa shape index (κ2) is 4.97. The van der Waals surface area contributed by atoms with E-state index in [9.17, 15) is 17.2 Å². The molecule has 0 atom stereocenters. The molecule has 0 aromatic heterocycles. The van der Waals surface area contributed by atoms with Crippen LogP contribution in [0.5, 0.6) is 0 Å². The average Bonchev–Trinajstić information content (AvgIpc) is 2.35. The molecule has 3 nitrogen and oxygen atoms in total. The summed E-state index contributed by atoms with van der Waals surface area (Å²) in [7, 11) is -3.95. The van der Waals surface area contributed by atoms with E-state index in [0.29, 0.717) is 0 Å². The zero-order chi connectivity index (χ0) is 14.0. The minimum absolute atomic E-state index is 0.0803. The molecule has 6 heteroatoms. The molecule has 0 spiro atoms. The number of rotatable bonds is 3. The second-order valence-electron chi connectivity index (χ2n) is 4.01. The van der Waals surface area contributed by atoms with Gasteiger partial charge in [-0.2, -0.15) is 0 Å². The Bertz CT molecular complexity index is 714. The molecule has 0 unspecified atom stereocenters. The summed E-state index contributed by atoms with van der Waals surface area (Å²) in [5.41, 5.74) is 5.15. The van der Waals surface area contributed by atoms with Crippen LogP contribution in [0, 0.1) is 11.6 Å². The molecule has 100 valence electrons. The zero-order valence-corrected chi connectivity index (χ0v) is 10.6. The maximum atomic E-state index is 13.7. The lowest BCUT2D eigenvalue weighted by Crippen LogP contribution is -2.09. The number of anilines is 1. The Morgan fingerprint density at radius 3 is 2.37 bits per heavy atom. The highest BCUT2D eigenvalue weighted by molar-refractivity contribution is 7.90. The molecule has 2 aromatic rings. The van der Waals surface area contributed by atoms with Crippen molar-refractivity contribution in [3.63, 3.8) is 0 Å². The highest BCUT2D eigenvalue weighted by Crippen LogP contribution is 2.22. The van der Waals surface area contributed by atoms with Gasteiger partial charge >= 0.3 is 0 Å². The number of nitrogens with two attached hydrogens (primary N) is 1. The third-order valence-corrected chi connectivity index (χ3v) is 4.32. The fraction of sp³-hybridized carbons (Fsp3) is 0.0769. The van der Waals surface area contributed by atoms with Crippen LogP contribution in [0.2, 0.25) is 0 Å². The second-order valence-corrected chi connectivity index (χ2v) is 5.97. The molecule has 19 heavy (non-hydrogen) atoms. The molecular weight excluding hydrogens is 272 g/mol. The lowest BCUT2D eigenvalue weighted by atomic mass is 10.2. The fourth-order valence-corrected chi connectivity index (χ4v) is 3.13. The summed E-state index contributed by atoms with van der Waals surface area (Å²) in [5, 5.41) is 0. The van der Waals surface area contributed by atoms with E-state index >= 15 is 0 Å². The van der Waals surface area contributed by atoms with E-state index in [1.54, 1.807) is 0 Å². The van der Waals surface area contributed by atoms with Gasteiger partial charge in [-0.25, -0.2) is 17.2 Å².